The second-order valence-corrected chi connectivity index (χ2v) is 7.04. The van der Waals surface area contributed by atoms with E-state index in [1.165, 1.54) is 24.8 Å². The maximum absolute atomic E-state index is 6.35. The van der Waals surface area contributed by atoms with Crippen molar-refractivity contribution >= 4 is 18.9 Å². The molecule has 3 atom stereocenters. The second kappa shape index (κ2) is 4.51. The molecule has 0 N–H and O–H groups in total. The van der Waals surface area contributed by atoms with Crippen molar-refractivity contribution in [2.45, 2.75) is 37.3 Å². The van der Waals surface area contributed by atoms with E-state index in [1.54, 1.807) is 0 Å². The Morgan fingerprint density at radius 3 is 2.88 bits per heavy atom. The molecule has 2 aliphatic rings. The highest BCUT2D eigenvalue weighted by atomic mass is 35.7. The Kier molecular flexibility index (Phi) is 3.16. The standard InChI is InChI=1S/C13H17ClNOP/c1-15-12-9-5-6-10-13(12,16-17(15)14)11-7-3-2-4-8-11/h2-4,7-8,12H,5-6,9-10H2,1H3/t12-,13-,17?/m1/s1. The third-order valence-electron chi connectivity index (χ3n) is 4.01. The van der Waals surface area contributed by atoms with Gasteiger partial charge in [0.15, 0.2) is 0 Å². The highest BCUT2D eigenvalue weighted by molar-refractivity contribution is 7.78. The van der Waals surface area contributed by atoms with Crippen LogP contribution in [0, 0.1) is 0 Å². The molecule has 1 aromatic carbocycles. The van der Waals surface area contributed by atoms with Gasteiger partial charge in [-0.15, -0.1) is 0 Å². The maximum atomic E-state index is 6.35. The maximum Gasteiger partial charge on any atom is 0.207 e. The fraction of sp³-hybridized carbons (Fsp3) is 0.538. The van der Waals surface area contributed by atoms with E-state index in [0.29, 0.717) is 6.04 Å². The number of hydrogen-bond donors (Lipinski definition) is 0. The van der Waals surface area contributed by atoms with E-state index < -0.39 is 7.65 Å². The van der Waals surface area contributed by atoms with Crippen molar-refractivity contribution in [3.8, 4) is 0 Å². The summed E-state index contributed by atoms with van der Waals surface area (Å²) in [5.41, 5.74) is 1.14. The minimum Gasteiger partial charge on any atom is -0.318 e. The largest absolute Gasteiger partial charge is 0.318 e. The molecule has 1 heterocycles. The van der Waals surface area contributed by atoms with Gasteiger partial charge in [0.2, 0.25) is 7.65 Å². The molecule has 92 valence electrons. The van der Waals surface area contributed by atoms with Crippen LogP contribution in [-0.4, -0.2) is 17.8 Å². The molecule has 0 spiro atoms. The molecule has 0 radical (unpaired) electrons. The van der Waals surface area contributed by atoms with Crippen LogP contribution in [0.5, 0.6) is 0 Å². The van der Waals surface area contributed by atoms with Crippen LogP contribution in [0.4, 0.5) is 0 Å². The first kappa shape index (κ1) is 11.9. The molecule has 2 fully saturated rings. The van der Waals surface area contributed by atoms with E-state index in [4.69, 9.17) is 15.8 Å². The van der Waals surface area contributed by atoms with E-state index in [-0.39, 0.29) is 5.60 Å². The van der Waals surface area contributed by atoms with Crippen LogP contribution in [0.2, 0.25) is 0 Å². The molecule has 1 saturated carbocycles. The molecule has 1 aromatic rings. The Labute approximate surface area is 109 Å². The quantitative estimate of drug-likeness (QED) is 0.707. The van der Waals surface area contributed by atoms with E-state index in [0.717, 1.165) is 6.42 Å². The van der Waals surface area contributed by atoms with Crippen LogP contribution in [0.3, 0.4) is 0 Å². The van der Waals surface area contributed by atoms with E-state index in [2.05, 4.69) is 42.0 Å². The number of halogens is 1. The van der Waals surface area contributed by atoms with Gasteiger partial charge >= 0.3 is 0 Å². The summed E-state index contributed by atoms with van der Waals surface area (Å²) in [6.45, 7) is 0. The molecule has 1 unspecified atom stereocenters. The highest BCUT2D eigenvalue weighted by Crippen LogP contribution is 2.64. The van der Waals surface area contributed by atoms with Gasteiger partial charge < -0.3 is 4.52 Å². The van der Waals surface area contributed by atoms with Crippen molar-refractivity contribution in [3.05, 3.63) is 35.9 Å². The summed E-state index contributed by atoms with van der Waals surface area (Å²) in [4.78, 5) is 0. The SMILES string of the molecule is CN1[C@@H]2CCCC[C@]2(c2ccccc2)OP1Cl. The van der Waals surface area contributed by atoms with Crippen LogP contribution in [0.25, 0.3) is 0 Å². The number of benzene rings is 1. The van der Waals surface area contributed by atoms with Gasteiger partial charge in [-0.2, -0.15) is 0 Å². The molecular weight excluding hydrogens is 253 g/mol. The van der Waals surface area contributed by atoms with Crippen molar-refractivity contribution in [2.24, 2.45) is 0 Å². The summed E-state index contributed by atoms with van der Waals surface area (Å²) in [6, 6.07) is 11.0. The minimum absolute atomic E-state index is 0.151. The van der Waals surface area contributed by atoms with Crippen LogP contribution in [0.1, 0.15) is 31.2 Å². The average molecular weight is 270 g/mol. The molecule has 3 rings (SSSR count). The topological polar surface area (TPSA) is 12.5 Å². The van der Waals surface area contributed by atoms with Crippen LogP contribution < -0.4 is 0 Å². The summed E-state index contributed by atoms with van der Waals surface area (Å²) < 4.78 is 8.45. The second-order valence-electron chi connectivity index (χ2n) is 4.91. The molecule has 0 aromatic heterocycles. The Bertz CT molecular complexity index is 402. The third-order valence-corrected chi connectivity index (χ3v) is 6.19. The van der Waals surface area contributed by atoms with Gasteiger partial charge in [-0.1, -0.05) is 43.2 Å². The third kappa shape index (κ3) is 1.82. The van der Waals surface area contributed by atoms with Crippen molar-refractivity contribution < 1.29 is 4.52 Å². The predicted octanol–water partition coefficient (Wildman–Crippen LogP) is 4.25. The monoisotopic (exact) mass is 269 g/mol. The summed E-state index contributed by atoms with van der Waals surface area (Å²) in [7, 11) is 1.15. The first-order chi connectivity index (χ1) is 8.24. The first-order valence-corrected chi connectivity index (χ1v) is 8.29. The Morgan fingerprint density at radius 1 is 1.35 bits per heavy atom. The van der Waals surface area contributed by atoms with Crippen LogP contribution in [0.15, 0.2) is 30.3 Å². The smallest absolute Gasteiger partial charge is 0.207 e. The van der Waals surface area contributed by atoms with Crippen molar-refractivity contribution in [2.75, 3.05) is 7.05 Å². The Balaban J connectivity index is 2.03. The van der Waals surface area contributed by atoms with Gasteiger partial charge in [0.05, 0.1) is 0 Å². The Hall–Kier alpha value is -0.140. The van der Waals surface area contributed by atoms with Gasteiger partial charge in [-0.05, 0) is 36.7 Å². The number of nitrogens with zero attached hydrogens (tertiary/aromatic N) is 1. The van der Waals surface area contributed by atoms with Gasteiger partial charge in [0.25, 0.3) is 0 Å². The number of likely N-dealkylation sites (N-methyl/N-ethyl adjacent to an activating group) is 1. The molecule has 1 aliphatic carbocycles. The molecular formula is C13H17ClNOP. The van der Waals surface area contributed by atoms with Crippen LogP contribution >= 0.6 is 18.9 Å². The zero-order chi connectivity index (χ0) is 11.9. The van der Waals surface area contributed by atoms with Crippen molar-refractivity contribution in [3.63, 3.8) is 0 Å². The van der Waals surface area contributed by atoms with E-state index >= 15 is 0 Å². The van der Waals surface area contributed by atoms with Crippen molar-refractivity contribution in [1.82, 2.24) is 4.67 Å². The first-order valence-electron chi connectivity index (χ1n) is 6.17. The van der Waals surface area contributed by atoms with E-state index in [1.807, 2.05) is 0 Å². The lowest BCUT2D eigenvalue weighted by Crippen LogP contribution is -2.44. The minimum atomic E-state index is -0.943. The molecule has 0 amide bonds. The number of hydrogen-bond acceptors (Lipinski definition) is 2. The summed E-state index contributed by atoms with van der Waals surface area (Å²) in [6.07, 6.45) is 4.81. The van der Waals surface area contributed by atoms with Gasteiger partial charge in [0, 0.05) is 6.04 Å². The Morgan fingerprint density at radius 2 is 2.12 bits per heavy atom. The number of rotatable bonds is 1. The molecule has 2 nitrogen and oxygen atoms in total. The predicted molar refractivity (Wildman–Crippen MR) is 72.0 cm³/mol. The fourth-order valence-electron chi connectivity index (χ4n) is 3.14. The van der Waals surface area contributed by atoms with Gasteiger partial charge in [-0.3, -0.25) is 0 Å². The normalized spacial score (nSPS) is 38.0. The van der Waals surface area contributed by atoms with E-state index in [9.17, 15) is 0 Å². The van der Waals surface area contributed by atoms with Crippen molar-refractivity contribution in [1.29, 1.82) is 0 Å². The molecule has 1 saturated heterocycles. The molecule has 1 aliphatic heterocycles. The zero-order valence-electron chi connectivity index (χ0n) is 9.97. The summed E-state index contributed by atoms with van der Waals surface area (Å²) in [5.74, 6) is 0. The lowest BCUT2D eigenvalue weighted by molar-refractivity contribution is 0.0262. The molecule has 4 heteroatoms. The van der Waals surface area contributed by atoms with Crippen LogP contribution in [-0.2, 0) is 10.1 Å². The fourth-order valence-corrected chi connectivity index (χ4v) is 5.06. The van der Waals surface area contributed by atoms with Gasteiger partial charge in [-0.25, -0.2) is 4.67 Å². The summed E-state index contributed by atoms with van der Waals surface area (Å²) in [5, 5.41) is 0. The molecule has 0 bridgehead atoms. The lowest BCUT2D eigenvalue weighted by Gasteiger charge is -2.39. The zero-order valence-corrected chi connectivity index (χ0v) is 11.6. The number of fused-ring (bicyclic) bond motifs is 1. The highest BCUT2D eigenvalue weighted by Gasteiger charge is 2.54. The molecule has 17 heavy (non-hydrogen) atoms. The van der Waals surface area contributed by atoms with Gasteiger partial charge in [0.1, 0.15) is 5.60 Å². The average Bonchev–Trinajstić information content (AvgIpc) is 2.64. The summed E-state index contributed by atoms with van der Waals surface area (Å²) >= 11 is 6.35. The lowest BCUT2D eigenvalue weighted by atomic mass is 9.76.